The first-order chi connectivity index (χ1) is 9.06. The van der Waals surface area contributed by atoms with Crippen molar-refractivity contribution in [2.75, 3.05) is 20.0 Å². The van der Waals surface area contributed by atoms with E-state index in [0.29, 0.717) is 23.1 Å². The van der Waals surface area contributed by atoms with E-state index in [1.807, 2.05) is 25.1 Å². The lowest BCUT2D eigenvalue weighted by molar-refractivity contribution is 0.397. The molecule has 0 radical (unpaired) electrons. The molecule has 2 rings (SSSR count). The van der Waals surface area contributed by atoms with Crippen LogP contribution in [0.15, 0.2) is 18.2 Å². The van der Waals surface area contributed by atoms with Crippen molar-refractivity contribution in [3.8, 4) is 11.5 Å². The molecule has 0 aliphatic heterocycles. The van der Waals surface area contributed by atoms with Crippen LogP contribution in [0, 0.1) is 6.92 Å². The van der Waals surface area contributed by atoms with Gasteiger partial charge in [-0.1, -0.05) is 11.6 Å². The van der Waals surface area contributed by atoms with Crippen LogP contribution in [-0.4, -0.2) is 24.0 Å². The number of rotatable bonds is 4. The largest absolute Gasteiger partial charge is 0.497 e. The first-order valence-corrected chi connectivity index (χ1v) is 6.14. The molecule has 6 heteroatoms. The van der Waals surface area contributed by atoms with Gasteiger partial charge in [-0.05, 0) is 25.1 Å². The second kappa shape index (κ2) is 5.40. The number of aryl methyl sites for hydroxylation is 1. The summed E-state index contributed by atoms with van der Waals surface area (Å²) < 4.78 is 12.2. The lowest BCUT2D eigenvalue weighted by Gasteiger charge is -2.11. The smallest absolute Gasteiger partial charge is 0.141 e. The van der Waals surface area contributed by atoms with Crippen molar-refractivity contribution in [1.82, 2.24) is 9.78 Å². The fourth-order valence-corrected chi connectivity index (χ4v) is 2.00. The van der Waals surface area contributed by atoms with Gasteiger partial charge in [-0.25, -0.2) is 4.68 Å². The molecule has 0 saturated carbocycles. The summed E-state index contributed by atoms with van der Waals surface area (Å²) in [5.41, 5.74) is 7.54. The lowest BCUT2D eigenvalue weighted by Crippen LogP contribution is -2.07. The summed E-state index contributed by atoms with van der Waals surface area (Å²) in [7, 11) is 3.24. The molecule has 0 spiro atoms. The lowest BCUT2D eigenvalue weighted by atomic mass is 10.2. The van der Waals surface area contributed by atoms with Gasteiger partial charge in [-0.2, -0.15) is 5.10 Å². The van der Waals surface area contributed by atoms with Crippen LogP contribution in [0.25, 0.3) is 0 Å². The van der Waals surface area contributed by atoms with Crippen LogP contribution >= 0.6 is 11.6 Å². The molecule has 0 saturated heterocycles. The first kappa shape index (κ1) is 13.5. The summed E-state index contributed by atoms with van der Waals surface area (Å²) in [6.07, 6.45) is 0. The van der Waals surface area contributed by atoms with Crippen LogP contribution in [0.4, 0.5) is 5.82 Å². The van der Waals surface area contributed by atoms with Crippen molar-refractivity contribution in [3.63, 3.8) is 0 Å². The van der Waals surface area contributed by atoms with Crippen molar-refractivity contribution in [1.29, 1.82) is 0 Å². The normalized spacial score (nSPS) is 10.5. The van der Waals surface area contributed by atoms with Crippen LogP contribution in [0.2, 0.25) is 5.02 Å². The predicted octanol–water partition coefficient (Wildman–Crippen LogP) is 2.49. The number of anilines is 1. The Morgan fingerprint density at radius 1 is 1.32 bits per heavy atom. The minimum absolute atomic E-state index is 0.448. The maximum absolute atomic E-state index is 6.03. The molecule has 1 aromatic carbocycles. The van der Waals surface area contributed by atoms with Crippen LogP contribution in [0.3, 0.4) is 0 Å². The maximum atomic E-state index is 6.03. The van der Waals surface area contributed by atoms with Crippen LogP contribution < -0.4 is 15.2 Å². The monoisotopic (exact) mass is 281 g/mol. The molecule has 0 bridgehead atoms. The molecular formula is C13H16ClN3O2. The van der Waals surface area contributed by atoms with Gasteiger partial charge in [0.05, 0.1) is 26.5 Å². The number of nitrogens with two attached hydrogens (primary N) is 1. The zero-order valence-electron chi connectivity index (χ0n) is 11.1. The summed E-state index contributed by atoms with van der Waals surface area (Å²) in [4.78, 5) is 0. The van der Waals surface area contributed by atoms with Crippen molar-refractivity contribution in [3.05, 3.63) is 34.5 Å². The molecule has 2 aromatic rings. The Bertz CT molecular complexity index is 596. The second-order valence-electron chi connectivity index (χ2n) is 4.12. The van der Waals surface area contributed by atoms with E-state index >= 15 is 0 Å². The Morgan fingerprint density at radius 2 is 2.05 bits per heavy atom. The van der Waals surface area contributed by atoms with E-state index in [-0.39, 0.29) is 0 Å². The van der Waals surface area contributed by atoms with E-state index in [2.05, 4.69) is 5.10 Å². The molecule has 0 amide bonds. The van der Waals surface area contributed by atoms with E-state index in [1.54, 1.807) is 18.9 Å². The zero-order valence-corrected chi connectivity index (χ0v) is 11.9. The number of ether oxygens (including phenoxy) is 2. The van der Waals surface area contributed by atoms with Crippen LogP contribution in [0.1, 0.15) is 11.3 Å². The van der Waals surface area contributed by atoms with Gasteiger partial charge >= 0.3 is 0 Å². The average Bonchev–Trinajstić information content (AvgIpc) is 2.66. The minimum atomic E-state index is 0.448. The Labute approximate surface area is 116 Å². The fraction of sp³-hybridized carbons (Fsp3) is 0.308. The number of hydrogen-bond acceptors (Lipinski definition) is 4. The molecule has 0 fully saturated rings. The summed E-state index contributed by atoms with van der Waals surface area (Å²) in [5, 5.41) is 4.79. The highest BCUT2D eigenvalue weighted by molar-refractivity contribution is 6.33. The molecular weight excluding hydrogens is 266 g/mol. The number of hydrogen-bond donors (Lipinski definition) is 1. The van der Waals surface area contributed by atoms with E-state index < -0.39 is 0 Å². The van der Waals surface area contributed by atoms with Gasteiger partial charge in [-0.3, -0.25) is 0 Å². The molecule has 102 valence electrons. The Hall–Kier alpha value is -1.88. The van der Waals surface area contributed by atoms with Gasteiger partial charge in [0.25, 0.3) is 0 Å². The van der Waals surface area contributed by atoms with Crippen LogP contribution in [0.5, 0.6) is 11.5 Å². The molecule has 2 N–H and O–H groups in total. The van der Waals surface area contributed by atoms with E-state index in [4.69, 9.17) is 26.8 Å². The van der Waals surface area contributed by atoms with E-state index in [9.17, 15) is 0 Å². The Balaban J connectivity index is 2.38. The number of nitrogens with zero attached hydrogens (tertiary/aromatic N) is 2. The zero-order chi connectivity index (χ0) is 14.0. The minimum Gasteiger partial charge on any atom is -0.497 e. The number of methoxy groups -OCH3 is 2. The average molecular weight is 282 g/mol. The van der Waals surface area contributed by atoms with Gasteiger partial charge in [0.1, 0.15) is 22.3 Å². The van der Waals surface area contributed by atoms with E-state index in [0.717, 1.165) is 17.1 Å². The van der Waals surface area contributed by atoms with Gasteiger partial charge in [0, 0.05) is 5.56 Å². The maximum Gasteiger partial charge on any atom is 0.141 e. The quantitative estimate of drug-likeness (QED) is 0.935. The SMILES string of the molecule is COc1ccc(OC)c(Cn2nc(C)c(Cl)c2N)c1. The van der Waals surface area contributed by atoms with Crippen molar-refractivity contribution < 1.29 is 9.47 Å². The molecule has 1 heterocycles. The third-order valence-corrected chi connectivity index (χ3v) is 3.37. The van der Waals surface area contributed by atoms with Crippen molar-refractivity contribution >= 4 is 17.4 Å². The highest BCUT2D eigenvalue weighted by atomic mass is 35.5. The molecule has 1 aromatic heterocycles. The summed E-state index contributed by atoms with van der Waals surface area (Å²) in [6, 6.07) is 5.58. The van der Waals surface area contributed by atoms with Crippen molar-refractivity contribution in [2.24, 2.45) is 0 Å². The highest BCUT2D eigenvalue weighted by Crippen LogP contribution is 2.28. The second-order valence-corrected chi connectivity index (χ2v) is 4.50. The first-order valence-electron chi connectivity index (χ1n) is 5.76. The summed E-state index contributed by atoms with van der Waals surface area (Å²) in [6.45, 7) is 2.29. The number of benzene rings is 1. The molecule has 0 aliphatic rings. The Morgan fingerprint density at radius 3 is 2.58 bits per heavy atom. The molecule has 5 nitrogen and oxygen atoms in total. The highest BCUT2D eigenvalue weighted by Gasteiger charge is 2.13. The number of halogens is 1. The molecule has 19 heavy (non-hydrogen) atoms. The fourth-order valence-electron chi connectivity index (χ4n) is 1.86. The molecule has 0 unspecified atom stereocenters. The molecule has 0 aliphatic carbocycles. The van der Waals surface area contributed by atoms with Gasteiger partial charge in [0.2, 0.25) is 0 Å². The van der Waals surface area contributed by atoms with Crippen molar-refractivity contribution in [2.45, 2.75) is 13.5 Å². The number of nitrogen functional groups attached to an aromatic ring is 1. The van der Waals surface area contributed by atoms with Gasteiger partial charge in [-0.15, -0.1) is 0 Å². The predicted molar refractivity (Wildman–Crippen MR) is 75.0 cm³/mol. The topological polar surface area (TPSA) is 62.3 Å². The molecule has 0 atom stereocenters. The van der Waals surface area contributed by atoms with Gasteiger partial charge < -0.3 is 15.2 Å². The number of aromatic nitrogens is 2. The van der Waals surface area contributed by atoms with Crippen LogP contribution in [-0.2, 0) is 6.54 Å². The van der Waals surface area contributed by atoms with Gasteiger partial charge in [0.15, 0.2) is 0 Å². The Kier molecular flexibility index (Phi) is 3.85. The third kappa shape index (κ3) is 2.61. The van der Waals surface area contributed by atoms with E-state index in [1.165, 1.54) is 0 Å². The third-order valence-electron chi connectivity index (χ3n) is 2.90. The summed E-state index contributed by atoms with van der Waals surface area (Å²) >= 11 is 6.03. The standard InChI is InChI=1S/C13H16ClN3O2/c1-8-12(14)13(15)17(16-8)7-9-6-10(18-2)4-5-11(9)19-3/h4-6H,7,15H2,1-3H3. The summed E-state index contributed by atoms with van der Waals surface area (Å²) in [5.74, 6) is 1.96.